The van der Waals surface area contributed by atoms with E-state index in [0.29, 0.717) is 6.07 Å². The van der Waals surface area contributed by atoms with E-state index in [0.717, 1.165) is 0 Å². The number of pyridine rings is 1. The molecule has 0 fully saturated rings. The molecule has 0 unspecified atom stereocenters. The van der Waals surface area contributed by atoms with Gasteiger partial charge in [-0.1, -0.05) is 0 Å². The highest BCUT2D eigenvalue weighted by Gasteiger charge is 2.26. The molecule has 0 saturated carbocycles. The van der Waals surface area contributed by atoms with Gasteiger partial charge in [-0.15, -0.1) is 0 Å². The number of nitrogens with zero attached hydrogens (tertiary/aromatic N) is 3. The van der Waals surface area contributed by atoms with Crippen molar-refractivity contribution in [3.63, 3.8) is 0 Å². The monoisotopic (exact) mass is 227 g/mol. The van der Waals surface area contributed by atoms with Crippen molar-refractivity contribution < 1.29 is 18.5 Å². The van der Waals surface area contributed by atoms with Gasteiger partial charge in [0.2, 0.25) is 0 Å². The van der Waals surface area contributed by atoms with Crippen molar-refractivity contribution in [2.75, 3.05) is 0 Å². The first-order chi connectivity index (χ1) is 7.51. The zero-order chi connectivity index (χ0) is 12.3. The fraction of sp³-hybridized carbons (Fsp3) is 0.125. The normalized spacial score (nSPS) is 9.88. The summed E-state index contributed by atoms with van der Waals surface area (Å²) in [5.74, 6) is -1.04. The lowest BCUT2D eigenvalue weighted by Crippen LogP contribution is -2.04. The molecular formula is C8H3F2N3O3. The number of carbonyl (C=O) groups is 1. The second kappa shape index (κ2) is 4.39. The Morgan fingerprint density at radius 2 is 2.25 bits per heavy atom. The molecule has 0 aromatic carbocycles. The molecule has 1 heterocycles. The second-order valence-electron chi connectivity index (χ2n) is 2.62. The molecule has 0 atom stereocenters. The molecule has 8 heteroatoms. The summed E-state index contributed by atoms with van der Waals surface area (Å²) in [5, 5.41) is 18.9. The number of nitriles is 1. The first-order valence-corrected chi connectivity index (χ1v) is 3.84. The standard InChI is InChI=1S/C8H3F2N3O3/c9-7(10)5-1-4(2-11)12-8(13(15)16)6(5)3-14/h1,3,7H. The maximum atomic E-state index is 12.5. The van der Waals surface area contributed by atoms with Gasteiger partial charge in [-0.3, -0.25) is 4.79 Å². The number of nitro groups is 1. The van der Waals surface area contributed by atoms with Gasteiger partial charge in [0, 0.05) is 11.6 Å². The van der Waals surface area contributed by atoms with Gasteiger partial charge in [0.25, 0.3) is 12.1 Å². The number of halogens is 2. The average molecular weight is 227 g/mol. The summed E-state index contributed by atoms with van der Waals surface area (Å²) in [4.78, 5) is 23.0. The Morgan fingerprint density at radius 1 is 1.62 bits per heavy atom. The van der Waals surface area contributed by atoms with Crippen molar-refractivity contribution in [1.82, 2.24) is 4.98 Å². The van der Waals surface area contributed by atoms with E-state index in [9.17, 15) is 23.7 Å². The maximum Gasteiger partial charge on any atom is 0.375 e. The van der Waals surface area contributed by atoms with Gasteiger partial charge in [-0.25, -0.2) is 8.78 Å². The summed E-state index contributed by atoms with van der Waals surface area (Å²) in [7, 11) is 0. The topological polar surface area (TPSA) is 96.9 Å². The molecule has 1 aromatic heterocycles. The van der Waals surface area contributed by atoms with Crippen molar-refractivity contribution >= 4 is 12.1 Å². The second-order valence-corrected chi connectivity index (χ2v) is 2.62. The Morgan fingerprint density at radius 3 is 2.62 bits per heavy atom. The van der Waals surface area contributed by atoms with Crippen LogP contribution in [0.2, 0.25) is 0 Å². The molecule has 0 aliphatic rings. The number of aldehydes is 1. The number of aromatic nitrogens is 1. The lowest BCUT2D eigenvalue weighted by atomic mass is 10.1. The highest BCUT2D eigenvalue weighted by Crippen LogP contribution is 2.27. The molecule has 82 valence electrons. The lowest BCUT2D eigenvalue weighted by molar-refractivity contribution is -0.389. The quantitative estimate of drug-likeness (QED) is 0.443. The van der Waals surface area contributed by atoms with Crippen LogP contribution in [0.3, 0.4) is 0 Å². The molecule has 0 N–H and O–H groups in total. The largest absolute Gasteiger partial charge is 0.375 e. The molecule has 0 amide bonds. The highest BCUT2D eigenvalue weighted by molar-refractivity contribution is 5.82. The molecule has 6 nitrogen and oxygen atoms in total. The minimum Gasteiger partial charge on any atom is -0.358 e. The third-order valence-corrected chi connectivity index (χ3v) is 1.71. The maximum absolute atomic E-state index is 12.5. The van der Waals surface area contributed by atoms with Crippen molar-refractivity contribution in [1.29, 1.82) is 5.26 Å². The zero-order valence-corrected chi connectivity index (χ0v) is 7.55. The van der Waals surface area contributed by atoms with E-state index in [-0.39, 0.29) is 6.29 Å². The van der Waals surface area contributed by atoms with E-state index >= 15 is 0 Å². The number of hydrogen-bond donors (Lipinski definition) is 0. The van der Waals surface area contributed by atoms with Crippen molar-refractivity contribution in [3.05, 3.63) is 33.0 Å². The Balaban J connectivity index is 3.60. The van der Waals surface area contributed by atoms with Crippen LogP contribution in [-0.4, -0.2) is 16.2 Å². The molecule has 0 bridgehead atoms. The van der Waals surface area contributed by atoms with Crippen LogP contribution in [0.5, 0.6) is 0 Å². The Labute approximate surface area is 87.3 Å². The molecule has 0 aliphatic carbocycles. The Kier molecular flexibility index (Phi) is 3.20. The summed E-state index contributed by atoms with van der Waals surface area (Å²) >= 11 is 0. The molecular weight excluding hydrogens is 224 g/mol. The first-order valence-electron chi connectivity index (χ1n) is 3.84. The summed E-state index contributed by atoms with van der Waals surface area (Å²) in [6, 6.07) is 2.06. The highest BCUT2D eigenvalue weighted by atomic mass is 19.3. The van der Waals surface area contributed by atoms with E-state index in [4.69, 9.17) is 5.26 Å². The van der Waals surface area contributed by atoms with E-state index in [1.54, 1.807) is 0 Å². The molecule has 0 radical (unpaired) electrons. The van der Waals surface area contributed by atoms with Gasteiger partial charge < -0.3 is 10.1 Å². The molecule has 16 heavy (non-hydrogen) atoms. The fourth-order valence-electron chi connectivity index (χ4n) is 1.06. The molecule has 1 aromatic rings. The van der Waals surface area contributed by atoms with Crippen molar-refractivity contribution in [2.24, 2.45) is 0 Å². The average Bonchev–Trinajstić information content (AvgIpc) is 2.26. The van der Waals surface area contributed by atoms with Crippen LogP contribution < -0.4 is 0 Å². The summed E-state index contributed by atoms with van der Waals surface area (Å²) in [6.07, 6.45) is -3.16. The number of carbonyl (C=O) groups excluding carboxylic acids is 1. The van der Waals surface area contributed by atoms with Crippen LogP contribution in [0.4, 0.5) is 14.6 Å². The van der Waals surface area contributed by atoms with Gasteiger partial charge >= 0.3 is 5.82 Å². The van der Waals surface area contributed by atoms with Crippen LogP contribution in [0.1, 0.15) is 28.0 Å². The van der Waals surface area contributed by atoms with E-state index in [1.807, 2.05) is 0 Å². The van der Waals surface area contributed by atoms with Crippen LogP contribution in [-0.2, 0) is 0 Å². The van der Waals surface area contributed by atoms with E-state index in [1.165, 1.54) is 6.07 Å². The molecule has 0 aliphatic heterocycles. The summed E-state index contributed by atoms with van der Waals surface area (Å²) < 4.78 is 24.9. The molecule has 1 rings (SSSR count). The van der Waals surface area contributed by atoms with E-state index in [2.05, 4.69) is 4.98 Å². The van der Waals surface area contributed by atoms with Gasteiger partial charge in [0.05, 0.1) is 0 Å². The van der Waals surface area contributed by atoms with Gasteiger partial charge in [0.1, 0.15) is 11.6 Å². The summed E-state index contributed by atoms with van der Waals surface area (Å²) in [6.45, 7) is 0. The Bertz CT molecular complexity index is 496. The fourth-order valence-corrected chi connectivity index (χ4v) is 1.06. The van der Waals surface area contributed by atoms with Crippen molar-refractivity contribution in [2.45, 2.75) is 6.43 Å². The number of rotatable bonds is 3. The first kappa shape index (κ1) is 11.6. The molecule has 0 spiro atoms. The van der Waals surface area contributed by atoms with Crippen LogP contribution in [0.15, 0.2) is 6.07 Å². The van der Waals surface area contributed by atoms with Gasteiger partial charge in [-0.05, 0) is 9.91 Å². The minimum absolute atomic E-state index is 0.0756. The third kappa shape index (κ3) is 1.98. The summed E-state index contributed by atoms with van der Waals surface area (Å²) in [5.41, 5.74) is -2.21. The minimum atomic E-state index is -3.09. The van der Waals surface area contributed by atoms with Gasteiger partial charge in [0.15, 0.2) is 6.29 Å². The number of hydrogen-bond acceptors (Lipinski definition) is 5. The van der Waals surface area contributed by atoms with Gasteiger partial charge in [-0.2, -0.15) is 5.26 Å². The van der Waals surface area contributed by atoms with E-state index < -0.39 is 34.0 Å². The predicted molar refractivity (Wildman–Crippen MR) is 46.0 cm³/mol. The predicted octanol–water partition coefficient (Wildman–Crippen LogP) is 1.61. The van der Waals surface area contributed by atoms with Crippen LogP contribution in [0, 0.1) is 21.4 Å². The molecule has 0 saturated heterocycles. The van der Waals surface area contributed by atoms with Crippen LogP contribution >= 0.6 is 0 Å². The van der Waals surface area contributed by atoms with Crippen LogP contribution in [0.25, 0.3) is 0 Å². The number of alkyl halides is 2. The smallest absolute Gasteiger partial charge is 0.358 e. The van der Waals surface area contributed by atoms with Crippen molar-refractivity contribution in [3.8, 4) is 6.07 Å². The zero-order valence-electron chi connectivity index (χ0n) is 7.55. The SMILES string of the molecule is N#Cc1cc(C(F)F)c(C=O)c([N+](=O)[O-])n1. The lowest BCUT2D eigenvalue weighted by Gasteiger charge is -2.03. The third-order valence-electron chi connectivity index (χ3n) is 1.71. The Hall–Kier alpha value is -2.43.